The van der Waals surface area contributed by atoms with Crippen molar-refractivity contribution in [1.29, 1.82) is 0 Å². The van der Waals surface area contributed by atoms with E-state index in [-0.39, 0.29) is 23.4 Å². The highest BCUT2D eigenvalue weighted by Crippen LogP contribution is 2.30. The Bertz CT molecular complexity index is 902. The van der Waals surface area contributed by atoms with E-state index in [0.717, 1.165) is 18.9 Å². The van der Waals surface area contributed by atoms with Crippen molar-refractivity contribution in [2.45, 2.75) is 38.2 Å². The lowest BCUT2D eigenvalue weighted by molar-refractivity contribution is -0.159. The molecule has 1 aliphatic carbocycles. The van der Waals surface area contributed by atoms with Gasteiger partial charge in [-0.2, -0.15) is 8.78 Å². The number of carbonyl (C=O) groups excluding carboxylic acids is 2. The number of carbonyl (C=O) groups is 2. The maximum absolute atomic E-state index is 12.9. The number of anilines is 1. The number of alkyl halides is 4. The van der Waals surface area contributed by atoms with Crippen molar-refractivity contribution in [3.63, 3.8) is 0 Å². The monoisotopic (exact) mass is 443 g/mol. The number of rotatable bonds is 9. The summed E-state index contributed by atoms with van der Waals surface area (Å²) in [4.78, 5) is 28.4. The van der Waals surface area contributed by atoms with Crippen LogP contribution in [0.25, 0.3) is 0 Å². The van der Waals surface area contributed by atoms with E-state index >= 15 is 0 Å². The van der Waals surface area contributed by atoms with Crippen molar-refractivity contribution >= 4 is 17.6 Å². The highest BCUT2D eigenvalue weighted by molar-refractivity contribution is 5.94. The second-order valence-electron chi connectivity index (χ2n) is 7.14. The first kappa shape index (κ1) is 22.4. The van der Waals surface area contributed by atoms with Crippen molar-refractivity contribution in [3.05, 3.63) is 47.6 Å². The van der Waals surface area contributed by atoms with Crippen molar-refractivity contribution in [3.8, 4) is 0 Å². The smallest absolute Gasteiger partial charge is 0.340 e. The van der Waals surface area contributed by atoms with E-state index in [1.807, 2.05) is 0 Å². The van der Waals surface area contributed by atoms with Crippen LogP contribution in [0.4, 0.5) is 23.4 Å². The van der Waals surface area contributed by atoms with Crippen LogP contribution in [0.3, 0.4) is 0 Å². The molecule has 1 aromatic rings. The Morgan fingerprint density at radius 1 is 1.29 bits per heavy atom. The van der Waals surface area contributed by atoms with Gasteiger partial charge in [-0.25, -0.2) is 13.8 Å². The molecular formula is C19H21F4N5O3. The molecule has 168 valence electrons. The Morgan fingerprint density at radius 3 is 2.65 bits per heavy atom. The fraction of sp³-hybridized carbons (Fsp3) is 0.421. The molecule has 0 aromatic carbocycles. The second-order valence-corrected chi connectivity index (χ2v) is 7.14. The number of amides is 2. The highest BCUT2D eigenvalue weighted by Gasteiger charge is 2.42. The quantitative estimate of drug-likeness (QED) is 0.437. The lowest BCUT2D eigenvalue weighted by Gasteiger charge is -2.22. The fourth-order valence-corrected chi connectivity index (χ4v) is 2.54. The highest BCUT2D eigenvalue weighted by atomic mass is 19.3. The van der Waals surface area contributed by atoms with Gasteiger partial charge in [-0.3, -0.25) is 20.4 Å². The third-order valence-electron chi connectivity index (χ3n) is 4.54. The molecule has 1 aromatic heterocycles. The largest absolute Gasteiger partial charge is 0.471 e. The van der Waals surface area contributed by atoms with E-state index < -0.39 is 30.9 Å². The number of allylic oxidation sites excluding steroid dienone is 2. The van der Waals surface area contributed by atoms with Crippen LogP contribution in [0.1, 0.15) is 31.4 Å². The van der Waals surface area contributed by atoms with Crippen LogP contribution in [0, 0.1) is 5.92 Å². The zero-order chi connectivity index (χ0) is 22.6. The first-order chi connectivity index (χ1) is 14.7. The standard InChI is InChI=1S/C19H21F4N5O3/c1-10(12-6-7-24-14(8-12)26-16(29)11-2-3-11)25-17(30)13-4-5-15(28-27-13)31-9-19(22,23)18(20)21/h4-8,10-11,18,27-28H,2-3,9H2,1H3,(H,25,30)(H,24,26,29). The normalized spacial score (nSPS) is 17.0. The zero-order valence-corrected chi connectivity index (χ0v) is 16.4. The lowest BCUT2D eigenvalue weighted by atomic mass is 10.1. The van der Waals surface area contributed by atoms with Crippen molar-refractivity contribution in [1.82, 2.24) is 21.2 Å². The van der Waals surface area contributed by atoms with E-state index in [1.165, 1.54) is 12.3 Å². The van der Waals surface area contributed by atoms with Gasteiger partial charge < -0.3 is 15.4 Å². The van der Waals surface area contributed by atoms with E-state index in [1.54, 1.807) is 19.1 Å². The predicted octanol–water partition coefficient (Wildman–Crippen LogP) is 2.36. The van der Waals surface area contributed by atoms with E-state index in [0.29, 0.717) is 11.4 Å². The molecule has 1 aliphatic heterocycles. The summed E-state index contributed by atoms with van der Waals surface area (Å²) in [7, 11) is 0. The molecule has 31 heavy (non-hydrogen) atoms. The summed E-state index contributed by atoms with van der Waals surface area (Å²) in [5.41, 5.74) is 5.55. The minimum Gasteiger partial charge on any atom is -0.471 e. The molecule has 1 fully saturated rings. The molecule has 3 rings (SSSR count). The molecule has 8 nitrogen and oxygen atoms in total. The average molecular weight is 443 g/mol. The molecule has 2 aliphatic rings. The van der Waals surface area contributed by atoms with Gasteiger partial charge in [0.15, 0.2) is 6.61 Å². The van der Waals surface area contributed by atoms with E-state index in [2.05, 4.69) is 31.2 Å². The summed E-state index contributed by atoms with van der Waals surface area (Å²) in [6, 6.07) is 2.90. The summed E-state index contributed by atoms with van der Waals surface area (Å²) in [5, 5.41) is 5.46. The van der Waals surface area contributed by atoms with E-state index in [9.17, 15) is 27.2 Å². The topological polar surface area (TPSA) is 104 Å². The number of hydrogen-bond acceptors (Lipinski definition) is 6. The lowest BCUT2D eigenvalue weighted by Crippen LogP contribution is -2.42. The Kier molecular flexibility index (Phi) is 6.66. The minimum atomic E-state index is -4.29. The fourth-order valence-electron chi connectivity index (χ4n) is 2.54. The number of halogens is 4. The first-order valence-electron chi connectivity index (χ1n) is 9.46. The maximum atomic E-state index is 12.9. The summed E-state index contributed by atoms with van der Waals surface area (Å²) in [6.45, 7) is 0.215. The molecule has 4 N–H and O–H groups in total. The molecule has 1 unspecified atom stereocenters. The predicted molar refractivity (Wildman–Crippen MR) is 101 cm³/mol. The average Bonchev–Trinajstić information content (AvgIpc) is 3.58. The van der Waals surface area contributed by atoms with Crippen LogP contribution >= 0.6 is 0 Å². The molecule has 0 saturated heterocycles. The van der Waals surface area contributed by atoms with Gasteiger partial charge in [-0.1, -0.05) is 0 Å². The number of hydrogen-bond donors (Lipinski definition) is 4. The van der Waals surface area contributed by atoms with E-state index in [4.69, 9.17) is 0 Å². The summed E-state index contributed by atoms with van der Waals surface area (Å²) < 4.78 is 54.7. The molecular weight excluding hydrogens is 422 g/mol. The number of nitrogens with zero attached hydrogens (tertiary/aromatic N) is 1. The Hall–Kier alpha value is -3.31. The number of nitrogens with one attached hydrogen (secondary N) is 4. The van der Waals surface area contributed by atoms with Crippen LogP contribution in [0.2, 0.25) is 0 Å². The molecule has 0 bridgehead atoms. The van der Waals surface area contributed by atoms with Crippen LogP contribution in [0.15, 0.2) is 42.1 Å². The summed E-state index contributed by atoms with van der Waals surface area (Å²) in [6.07, 6.45) is 1.81. The van der Waals surface area contributed by atoms with Crippen molar-refractivity contribution in [2.24, 2.45) is 5.92 Å². The van der Waals surface area contributed by atoms with Gasteiger partial charge in [-0.15, -0.1) is 0 Å². The number of ether oxygens (including phenoxy) is 1. The molecule has 0 radical (unpaired) electrons. The van der Waals surface area contributed by atoms with Crippen molar-refractivity contribution in [2.75, 3.05) is 11.9 Å². The third kappa shape index (κ3) is 6.09. The molecule has 2 heterocycles. The van der Waals surface area contributed by atoms with Gasteiger partial charge in [0.05, 0.1) is 6.04 Å². The van der Waals surface area contributed by atoms with Gasteiger partial charge in [0.25, 0.3) is 5.91 Å². The zero-order valence-electron chi connectivity index (χ0n) is 16.4. The van der Waals surface area contributed by atoms with Gasteiger partial charge in [-0.05, 0) is 43.5 Å². The van der Waals surface area contributed by atoms with Crippen LogP contribution in [0.5, 0.6) is 0 Å². The second kappa shape index (κ2) is 9.23. The van der Waals surface area contributed by atoms with Crippen LogP contribution in [-0.4, -0.2) is 35.8 Å². The summed E-state index contributed by atoms with van der Waals surface area (Å²) >= 11 is 0. The first-order valence-corrected chi connectivity index (χ1v) is 9.46. The number of aromatic nitrogens is 1. The van der Waals surface area contributed by atoms with Gasteiger partial charge in [0.2, 0.25) is 11.8 Å². The van der Waals surface area contributed by atoms with Gasteiger partial charge >= 0.3 is 12.3 Å². The molecule has 1 atom stereocenters. The SMILES string of the molecule is CC(NC(=O)C1=CC=C(OCC(F)(F)C(F)F)NN1)c1ccnc(NC(=O)C2CC2)c1. The van der Waals surface area contributed by atoms with Gasteiger partial charge in [0, 0.05) is 18.2 Å². The third-order valence-corrected chi connectivity index (χ3v) is 4.54. The van der Waals surface area contributed by atoms with Gasteiger partial charge in [0.1, 0.15) is 11.5 Å². The Labute approximate surface area is 175 Å². The molecule has 0 spiro atoms. The maximum Gasteiger partial charge on any atom is 0.340 e. The molecule has 1 saturated carbocycles. The summed E-state index contributed by atoms with van der Waals surface area (Å²) in [5.74, 6) is -4.72. The number of hydrazine groups is 1. The van der Waals surface area contributed by atoms with Crippen LogP contribution < -0.4 is 21.5 Å². The molecule has 2 amide bonds. The van der Waals surface area contributed by atoms with Crippen molar-refractivity contribution < 1.29 is 31.9 Å². The minimum absolute atomic E-state index is 0.0305. The van der Waals surface area contributed by atoms with Crippen LogP contribution in [-0.2, 0) is 14.3 Å². The Balaban J connectivity index is 1.54. The Morgan fingerprint density at radius 2 is 2.03 bits per heavy atom. The number of pyridine rings is 1. The molecule has 12 heteroatoms.